The summed E-state index contributed by atoms with van der Waals surface area (Å²) in [6.07, 6.45) is 1.95. The molecule has 0 aromatic rings. The Hall–Kier alpha value is -0.730. The second-order valence-corrected chi connectivity index (χ2v) is 3.84. The second kappa shape index (κ2) is 1.90. The van der Waals surface area contributed by atoms with Crippen LogP contribution in [0.15, 0.2) is 0 Å². The smallest absolute Gasteiger partial charge is 0.408 e. The number of rotatable bonds is 0. The average Bonchev–Trinajstić information content (AvgIpc) is 2.06. The molecule has 0 aromatic heterocycles. The zero-order chi connectivity index (χ0) is 8.06. The number of hydrogen-bond donors (Lipinski definition) is 1. The number of carbonyl (C=O) groups excluding carboxylic acids is 1. The van der Waals surface area contributed by atoms with E-state index < -0.39 is 0 Å². The molecule has 2 aliphatic rings. The zero-order valence-electron chi connectivity index (χ0n) is 6.89. The van der Waals surface area contributed by atoms with Crippen molar-refractivity contribution in [3.05, 3.63) is 0 Å². The number of cyclic esters (lactones) is 1. The van der Waals surface area contributed by atoms with Crippen molar-refractivity contribution in [1.29, 1.82) is 0 Å². The van der Waals surface area contributed by atoms with Gasteiger partial charge in [0.15, 0.2) is 0 Å². The van der Waals surface area contributed by atoms with Gasteiger partial charge in [0.1, 0.15) is 6.10 Å². The van der Waals surface area contributed by atoms with Crippen molar-refractivity contribution < 1.29 is 9.53 Å². The van der Waals surface area contributed by atoms with E-state index in [-0.39, 0.29) is 17.7 Å². The minimum atomic E-state index is -0.246. The van der Waals surface area contributed by atoms with Gasteiger partial charge in [-0.2, -0.15) is 0 Å². The van der Waals surface area contributed by atoms with Gasteiger partial charge in [-0.1, -0.05) is 6.92 Å². The first-order chi connectivity index (χ1) is 5.12. The third kappa shape index (κ3) is 0.832. The molecule has 1 aliphatic carbocycles. The van der Waals surface area contributed by atoms with E-state index in [0.29, 0.717) is 0 Å². The molecule has 0 bridgehead atoms. The van der Waals surface area contributed by atoms with E-state index in [1.807, 2.05) is 6.92 Å². The molecule has 0 unspecified atom stereocenters. The lowest BCUT2D eigenvalue weighted by Gasteiger charge is -2.44. The molecule has 62 valence electrons. The van der Waals surface area contributed by atoms with E-state index in [0.717, 1.165) is 18.8 Å². The molecule has 3 heteroatoms. The van der Waals surface area contributed by atoms with Crippen molar-refractivity contribution in [2.75, 3.05) is 0 Å². The highest BCUT2D eigenvalue weighted by atomic mass is 16.6. The minimum Gasteiger partial charge on any atom is -0.444 e. The van der Waals surface area contributed by atoms with Gasteiger partial charge in [0.25, 0.3) is 0 Å². The Morgan fingerprint density at radius 1 is 1.55 bits per heavy atom. The van der Waals surface area contributed by atoms with Gasteiger partial charge in [0.2, 0.25) is 0 Å². The van der Waals surface area contributed by atoms with Gasteiger partial charge in [-0.3, -0.25) is 0 Å². The van der Waals surface area contributed by atoms with Crippen LogP contribution >= 0.6 is 0 Å². The average molecular weight is 155 g/mol. The van der Waals surface area contributed by atoms with Crippen LogP contribution in [0.3, 0.4) is 0 Å². The van der Waals surface area contributed by atoms with Crippen molar-refractivity contribution in [3.8, 4) is 0 Å². The Bertz CT molecular complexity index is 196. The maximum absolute atomic E-state index is 10.8. The van der Waals surface area contributed by atoms with E-state index in [9.17, 15) is 4.79 Å². The fraction of sp³-hybridized carbons (Fsp3) is 0.875. The molecule has 1 N–H and O–H groups in total. The maximum Gasteiger partial charge on any atom is 0.408 e. The number of hydrogen-bond acceptors (Lipinski definition) is 2. The highest BCUT2D eigenvalue weighted by Crippen LogP contribution is 2.43. The van der Waals surface area contributed by atoms with Crippen LogP contribution < -0.4 is 5.32 Å². The van der Waals surface area contributed by atoms with Crippen LogP contribution in [-0.2, 0) is 4.74 Å². The standard InChI is InChI=1S/C8H13NO2/c1-5-3-8(4-5)6(2)11-7(10)9-8/h5-6H,3-4H2,1-2H3,(H,9,10)/t5?,6-,8?/m0/s1. The van der Waals surface area contributed by atoms with Crippen molar-refractivity contribution in [2.24, 2.45) is 5.92 Å². The molecule has 1 saturated heterocycles. The van der Waals surface area contributed by atoms with Gasteiger partial charge in [-0.25, -0.2) is 4.79 Å². The Kier molecular flexibility index (Phi) is 1.20. The Labute approximate surface area is 66.1 Å². The summed E-state index contributed by atoms with van der Waals surface area (Å²) in [6, 6.07) is 0. The molecule has 3 nitrogen and oxygen atoms in total. The lowest BCUT2D eigenvalue weighted by molar-refractivity contribution is 0.0517. The lowest BCUT2D eigenvalue weighted by Crippen LogP contribution is -2.56. The highest BCUT2D eigenvalue weighted by Gasteiger charge is 2.53. The Balaban J connectivity index is 2.10. The topological polar surface area (TPSA) is 38.3 Å². The predicted octanol–water partition coefficient (Wildman–Crippen LogP) is 1.28. The molecule has 1 saturated carbocycles. The number of amides is 1. The number of ether oxygens (including phenoxy) is 1. The van der Waals surface area contributed by atoms with Crippen LogP contribution in [0.25, 0.3) is 0 Å². The molecule has 0 radical (unpaired) electrons. The third-order valence-electron chi connectivity index (χ3n) is 2.84. The quantitative estimate of drug-likeness (QED) is 0.572. The van der Waals surface area contributed by atoms with Gasteiger partial charge < -0.3 is 10.1 Å². The molecule has 1 aliphatic heterocycles. The van der Waals surface area contributed by atoms with E-state index in [2.05, 4.69) is 12.2 Å². The Morgan fingerprint density at radius 2 is 2.18 bits per heavy atom. The van der Waals surface area contributed by atoms with Crippen molar-refractivity contribution in [1.82, 2.24) is 5.32 Å². The normalized spacial score (nSPS) is 48.4. The third-order valence-corrected chi connectivity index (χ3v) is 2.84. The molecule has 11 heavy (non-hydrogen) atoms. The van der Waals surface area contributed by atoms with Crippen molar-refractivity contribution in [3.63, 3.8) is 0 Å². The molecular formula is C8H13NO2. The molecule has 1 heterocycles. The summed E-state index contributed by atoms with van der Waals surface area (Å²) >= 11 is 0. The lowest BCUT2D eigenvalue weighted by atomic mass is 9.67. The maximum atomic E-state index is 10.8. The van der Waals surface area contributed by atoms with E-state index in [1.165, 1.54) is 0 Å². The fourth-order valence-electron chi connectivity index (χ4n) is 2.23. The molecule has 0 aromatic carbocycles. The Morgan fingerprint density at radius 3 is 2.55 bits per heavy atom. The first-order valence-electron chi connectivity index (χ1n) is 4.11. The van der Waals surface area contributed by atoms with Gasteiger partial charge in [-0.05, 0) is 25.7 Å². The van der Waals surface area contributed by atoms with Crippen LogP contribution in [0.2, 0.25) is 0 Å². The summed E-state index contributed by atoms with van der Waals surface area (Å²) in [5.74, 6) is 0.736. The van der Waals surface area contributed by atoms with E-state index >= 15 is 0 Å². The SMILES string of the molecule is CC1CC2(C1)NC(=O)O[C@H]2C. The first kappa shape index (κ1) is 6.95. The van der Waals surface area contributed by atoms with Crippen LogP contribution in [-0.4, -0.2) is 17.7 Å². The minimum absolute atomic E-state index is 0.00347. The monoisotopic (exact) mass is 155 g/mol. The highest BCUT2D eigenvalue weighted by molar-refractivity contribution is 5.71. The molecule has 2 rings (SSSR count). The largest absolute Gasteiger partial charge is 0.444 e. The van der Waals surface area contributed by atoms with E-state index in [1.54, 1.807) is 0 Å². The summed E-state index contributed by atoms with van der Waals surface area (Å²) in [4.78, 5) is 10.8. The van der Waals surface area contributed by atoms with Crippen LogP contribution in [0.5, 0.6) is 0 Å². The van der Waals surface area contributed by atoms with E-state index in [4.69, 9.17) is 4.74 Å². The van der Waals surface area contributed by atoms with Gasteiger partial charge >= 0.3 is 6.09 Å². The zero-order valence-corrected chi connectivity index (χ0v) is 6.89. The van der Waals surface area contributed by atoms with Gasteiger partial charge in [0, 0.05) is 0 Å². The summed E-state index contributed by atoms with van der Waals surface area (Å²) < 4.78 is 5.02. The van der Waals surface area contributed by atoms with Crippen LogP contribution in [0.1, 0.15) is 26.7 Å². The molecular weight excluding hydrogens is 142 g/mol. The predicted molar refractivity (Wildman–Crippen MR) is 40.2 cm³/mol. The number of nitrogens with one attached hydrogen (secondary N) is 1. The summed E-state index contributed by atoms with van der Waals surface area (Å²) in [6.45, 7) is 4.16. The fourth-order valence-corrected chi connectivity index (χ4v) is 2.23. The van der Waals surface area contributed by atoms with Crippen molar-refractivity contribution in [2.45, 2.75) is 38.3 Å². The summed E-state index contributed by atoms with van der Waals surface area (Å²) in [5, 5.41) is 2.89. The van der Waals surface area contributed by atoms with Gasteiger partial charge in [0.05, 0.1) is 5.54 Å². The first-order valence-corrected chi connectivity index (χ1v) is 4.11. The molecule has 1 amide bonds. The second-order valence-electron chi connectivity index (χ2n) is 3.84. The molecule has 1 spiro atoms. The van der Waals surface area contributed by atoms with Gasteiger partial charge in [-0.15, -0.1) is 0 Å². The summed E-state index contributed by atoms with van der Waals surface area (Å²) in [5.41, 5.74) is -0.00347. The molecule has 2 fully saturated rings. The number of carbonyl (C=O) groups is 1. The molecule has 1 atom stereocenters. The number of alkyl carbamates (subject to hydrolysis) is 1. The summed E-state index contributed by atoms with van der Waals surface area (Å²) in [7, 11) is 0. The van der Waals surface area contributed by atoms with Crippen LogP contribution in [0.4, 0.5) is 4.79 Å². The van der Waals surface area contributed by atoms with Crippen molar-refractivity contribution >= 4 is 6.09 Å². The van der Waals surface area contributed by atoms with Crippen LogP contribution in [0, 0.1) is 5.92 Å².